The van der Waals surface area contributed by atoms with Crippen LogP contribution in [-0.2, 0) is 9.59 Å². The van der Waals surface area contributed by atoms with Crippen molar-refractivity contribution in [1.82, 2.24) is 5.32 Å². The highest BCUT2D eigenvalue weighted by Gasteiger charge is 2.27. The fourth-order valence-electron chi connectivity index (χ4n) is 1.48. The van der Waals surface area contributed by atoms with E-state index in [1.165, 1.54) is 0 Å². The summed E-state index contributed by atoms with van der Waals surface area (Å²) in [6.07, 6.45) is 0.112. The van der Waals surface area contributed by atoms with E-state index in [2.05, 4.69) is 5.32 Å². The van der Waals surface area contributed by atoms with Gasteiger partial charge in [0.25, 0.3) is 0 Å². The SMILES string of the molecule is CC(C)(NC(=O)CC(N)c1ccccc1)C(N)=O. The molecule has 0 aromatic heterocycles. The minimum Gasteiger partial charge on any atom is -0.368 e. The Bertz CT molecular complexity index is 429. The molecule has 2 amide bonds. The molecule has 1 atom stereocenters. The predicted octanol–water partition coefficient (Wildman–Crippen LogP) is 0.457. The van der Waals surface area contributed by atoms with Crippen molar-refractivity contribution in [2.45, 2.75) is 31.8 Å². The third-order valence-corrected chi connectivity index (χ3v) is 2.70. The molecular weight excluding hydrogens is 230 g/mol. The molecule has 0 aliphatic heterocycles. The Labute approximate surface area is 107 Å². The monoisotopic (exact) mass is 249 g/mol. The molecule has 0 radical (unpaired) electrons. The first-order valence-corrected chi connectivity index (χ1v) is 5.74. The van der Waals surface area contributed by atoms with Gasteiger partial charge < -0.3 is 16.8 Å². The van der Waals surface area contributed by atoms with E-state index in [1.807, 2.05) is 30.3 Å². The van der Waals surface area contributed by atoms with Gasteiger partial charge in [0.15, 0.2) is 0 Å². The van der Waals surface area contributed by atoms with Crippen molar-refractivity contribution in [3.05, 3.63) is 35.9 Å². The third kappa shape index (κ3) is 3.85. The molecule has 5 nitrogen and oxygen atoms in total. The lowest BCUT2D eigenvalue weighted by molar-refractivity contribution is -0.130. The summed E-state index contributed by atoms with van der Waals surface area (Å²) in [5, 5.41) is 2.56. The summed E-state index contributed by atoms with van der Waals surface area (Å²) in [5.74, 6) is -0.876. The molecule has 98 valence electrons. The molecule has 1 unspecified atom stereocenters. The summed E-state index contributed by atoms with van der Waals surface area (Å²) in [5.41, 5.74) is 10.9. The van der Waals surface area contributed by atoms with Crippen LogP contribution in [0.1, 0.15) is 31.9 Å². The van der Waals surface area contributed by atoms with Gasteiger partial charge in [0.2, 0.25) is 11.8 Å². The second kappa shape index (κ2) is 5.64. The molecule has 0 heterocycles. The van der Waals surface area contributed by atoms with E-state index in [0.717, 1.165) is 5.56 Å². The summed E-state index contributed by atoms with van der Waals surface area (Å²) in [4.78, 5) is 22.8. The van der Waals surface area contributed by atoms with E-state index in [0.29, 0.717) is 0 Å². The van der Waals surface area contributed by atoms with Gasteiger partial charge in [0.05, 0.1) is 0 Å². The number of hydrogen-bond donors (Lipinski definition) is 3. The Hall–Kier alpha value is -1.88. The number of primary amides is 1. The number of carbonyl (C=O) groups is 2. The highest BCUT2D eigenvalue weighted by molar-refractivity contribution is 5.89. The van der Waals surface area contributed by atoms with Gasteiger partial charge in [-0.2, -0.15) is 0 Å². The van der Waals surface area contributed by atoms with Crippen LogP contribution in [0.3, 0.4) is 0 Å². The molecule has 0 saturated heterocycles. The molecule has 1 aromatic rings. The molecule has 0 fully saturated rings. The second-order valence-electron chi connectivity index (χ2n) is 4.76. The minimum atomic E-state index is -1.06. The summed E-state index contributed by atoms with van der Waals surface area (Å²) in [6.45, 7) is 3.11. The molecule has 0 aliphatic rings. The number of benzene rings is 1. The average Bonchev–Trinajstić information content (AvgIpc) is 2.29. The number of hydrogen-bond acceptors (Lipinski definition) is 3. The van der Waals surface area contributed by atoms with E-state index >= 15 is 0 Å². The fraction of sp³-hybridized carbons (Fsp3) is 0.385. The van der Waals surface area contributed by atoms with E-state index in [-0.39, 0.29) is 12.3 Å². The Morgan fingerprint density at radius 2 is 1.83 bits per heavy atom. The molecule has 0 spiro atoms. The van der Waals surface area contributed by atoms with E-state index < -0.39 is 17.5 Å². The van der Waals surface area contributed by atoms with E-state index in [1.54, 1.807) is 13.8 Å². The lowest BCUT2D eigenvalue weighted by Crippen LogP contribution is -2.53. The van der Waals surface area contributed by atoms with Crippen molar-refractivity contribution in [1.29, 1.82) is 0 Å². The summed E-state index contributed by atoms with van der Waals surface area (Å²) >= 11 is 0. The first kappa shape index (κ1) is 14.2. The summed E-state index contributed by atoms with van der Waals surface area (Å²) in [6, 6.07) is 8.93. The quantitative estimate of drug-likeness (QED) is 0.706. The van der Waals surface area contributed by atoms with Crippen LogP contribution in [0.4, 0.5) is 0 Å². The first-order valence-electron chi connectivity index (χ1n) is 5.74. The topological polar surface area (TPSA) is 98.2 Å². The van der Waals surface area contributed by atoms with Crippen molar-refractivity contribution in [3.8, 4) is 0 Å². The third-order valence-electron chi connectivity index (χ3n) is 2.70. The maximum atomic E-state index is 11.7. The average molecular weight is 249 g/mol. The first-order chi connectivity index (χ1) is 8.33. The van der Waals surface area contributed by atoms with Crippen LogP contribution in [0, 0.1) is 0 Å². The van der Waals surface area contributed by atoms with Crippen molar-refractivity contribution in [3.63, 3.8) is 0 Å². The predicted molar refractivity (Wildman–Crippen MR) is 69.4 cm³/mol. The van der Waals surface area contributed by atoms with E-state index in [4.69, 9.17) is 11.5 Å². The smallest absolute Gasteiger partial charge is 0.242 e. The highest BCUT2D eigenvalue weighted by Crippen LogP contribution is 2.13. The van der Waals surface area contributed by atoms with Gasteiger partial charge >= 0.3 is 0 Å². The van der Waals surface area contributed by atoms with Gasteiger partial charge in [-0.3, -0.25) is 9.59 Å². The van der Waals surface area contributed by atoms with Crippen LogP contribution in [0.25, 0.3) is 0 Å². The van der Waals surface area contributed by atoms with Crippen molar-refractivity contribution in [2.24, 2.45) is 11.5 Å². The zero-order valence-corrected chi connectivity index (χ0v) is 10.6. The molecule has 0 saturated carbocycles. The molecule has 5 heteroatoms. The van der Waals surface area contributed by atoms with Crippen LogP contribution in [-0.4, -0.2) is 17.4 Å². The molecule has 1 rings (SSSR count). The maximum Gasteiger partial charge on any atom is 0.242 e. The number of nitrogens with two attached hydrogens (primary N) is 2. The zero-order chi connectivity index (χ0) is 13.8. The number of amides is 2. The molecule has 18 heavy (non-hydrogen) atoms. The lowest BCUT2D eigenvalue weighted by Gasteiger charge is -2.23. The van der Waals surface area contributed by atoms with Gasteiger partial charge in [-0.25, -0.2) is 0 Å². The highest BCUT2D eigenvalue weighted by atomic mass is 16.2. The van der Waals surface area contributed by atoms with Crippen molar-refractivity contribution >= 4 is 11.8 Å². The van der Waals surface area contributed by atoms with Gasteiger partial charge in [-0.15, -0.1) is 0 Å². The fourth-order valence-corrected chi connectivity index (χ4v) is 1.48. The van der Waals surface area contributed by atoms with Crippen LogP contribution in [0.2, 0.25) is 0 Å². The van der Waals surface area contributed by atoms with Crippen molar-refractivity contribution < 1.29 is 9.59 Å². The molecular formula is C13H19N3O2. The Morgan fingerprint density at radius 1 is 1.28 bits per heavy atom. The van der Waals surface area contributed by atoms with E-state index in [9.17, 15) is 9.59 Å². The molecule has 1 aromatic carbocycles. The summed E-state index contributed by atoms with van der Waals surface area (Å²) < 4.78 is 0. The van der Waals surface area contributed by atoms with Gasteiger partial charge in [-0.05, 0) is 19.4 Å². The van der Waals surface area contributed by atoms with Crippen LogP contribution in [0.15, 0.2) is 30.3 Å². The second-order valence-corrected chi connectivity index (χ2v) is 4.76. The molecule has 0 bridgehead atoms. The summed E-state index contributed by atoms with van der Waals surface area (Å²) in [7, 11) is 0. The lowest BCUT2D eigenvalue weighted by atomic mass is 10.0. The van der Waals surface area contributed by atoms with Gasteiger partial charge in [0, 0.05) is 12.5 Å². The number of carbonyl (C=O) groups excluding carboxylic acids is 2. The number of nitrogens with one attached hydrogen (secondary N) is 1. The van der Waals surface area contributed by atoms with Crippen LogP contribution >= 0.6 is 0 Å². The normalized spacial score (nSPS) is 12.8. The zero-order valence-electron chi connectivity index (χ0n) is 10.6. The molecule has 0 aliphatic carbocycles. The maximum absolute atomic E-state index is 11.7. The minimum absolute atomic E-state index is 0.112. The standard InChI is InChI=1S/C13H19N3O2/c1-13(2,12(15)18)16-11(17)8-10(14)9-6-4-3-5-7-9/h3-7,10H,8,14H2,1-2H3,(H2,15,18)(H,16,17). The largest absolute Gasteiger partial charge is 0.368 e. The van der Waals surface area contributed by atoms with Gasteiger partial charge in [-0.1, -0.05) is 30.3 Å². The van der Waals surface area contributed by atoms with Crippen molar-refractivity contribution in [2.75, 3.05) is 0 Å². The Morgan fingerprint density at radius 3 is 2.33 bits per heavy atom. The number of rotatable bonds is 5. The van der Waals surface area contributed by atoms with Crippen LogP contribution in [0.5, 0.6) is 0 Å². The van der Waals surface area contributed by atoms with Crippen LogP contribution < -0.4 is 16.8 Å². The van der Waals surface area contributed by atoms with Gasteiger partial charge in [0.1, 0.15) is 5.54 Å². The molecule has 5 N–H and O–H groups in total. The Kier molecular flexibility index (Phi) is 4.44. The Balaban J connectivity index is 2.58.